The first kappa shape index (κ1) is 11.2. The number of ether oxygens (including phenoxy) is 1. The van der Waals surface area contributed by atoms with E-state index < -0.39 is 0 Å². The molecule has 1 aromatic carbocycles. The summed E-state index contributed by atoms with van der Waals surface area (Å²) in [5.74, 6) is 0.995. The summed E-state index contributed by atoms with van der Waals surface area (Å²) in [7, 11) is 0. The number of hydrogen-bond donors (Lipinski definition) is 1. The molecule has 1 unspecified atom stereocenters. The van der Waals surface area contributed by atoms with Gasteiger partial charge in [0.2, 0.25) is 0 Å². The van der Waals surface area contributed by atoms with Crippen LogP contribution in [-0.2, 0) is 0 Å². The van der Waals surface area contributed by atoms with Crippen molar-refractivity contribution in [2.24, 2.45) is 0 Å². The molecule has 86 valence electrons. The van der Waals surface area contributed by atoms with Crippen LogP contribution >= 0.6 is 0 Å². The topological polar surface area (TPSA) is 21.3 Å². The van der Waals surface area contributed by atoms with Gasteiger partial charge in [-0.3, -0.25) is 0 Å². The van der Waals surface area contributed by atoms with E-state index >= 15 is 0 Å². The lowest BCUT2D eigenvalue weighted by molar-refractivity contribution is 0.341. The molecule has 1 aromatic rings. The Morgan fingerprint density at radius 1 is 1.38 bits per heavy atom. The molecule has 0 amide bonds. The standard InChI is InChI=1S/C14H19NO/c1-3-11(2)15-9-12-8-13-6-4-5-7-14(13)16-10-12/h4-8,11,15H,3,9-10H2,1-2H3. The maximum Gasteiger partial charge on any atom is 0.127 e. The first-order valence-corrected chi connectivity index (χ1v) is 5.94. The van der Waals surface area contributed by atoms with E-state index in [9.17, 15) is 0 Å². The zero-order valence-electron chi connectivity index (χ0n) is 9.99. The molecular formula is C14H19NO. The van der Waals surface area contributed by atoms with Crippen LogP contribution in [0.5, 0.6) is 5.75 Å². The summed E-state index contributed by atoms with van der Waals surface area (Å²) in [5.41, 5.74) is 2.51. The Bertz CT molecular complexity index is 384. The zero-order chi connectivity index (χ0) is 11.4. The molecule has 2 nitrogen and oxygen atoms in total. The quantitative estimate of drug-likeness (QED) is 0.837. The van der Waals surface area contributed by atoms with Crippen LogP contribution in [0.3, 0.4) is 0 Å². The van der Waals surface area contributed by atoms with Crippen molar-refractivity contribution < 1.29 is 4.74 Å². The number of hydrogen-bond acceptors (Lipinski definition) is 2. The van der Waals surface area contributed by atoms with E-state index in [1.54, 1.807) is 0 Å². The molecule has 0 aliphatic carbocycles. The molecule has 1 heterocycles. The molecule has 0 fully saturated rings. The SMILES string of the molecule is CCC(C)NCC1=Cc2ccccc2OC1. The van der Waals surface area contributed by atoms with Crippen LogP contribution in [0.4, 0.5) is 0 Å². The van der Waals surface area contributed by atoms with Gasteiger partial charge in [0.05, 0.1) is 0 Å². The van der Waals surface area contributed by atoms with Gasteiger partial charge >= 0.3 is 0 Å². The molecule has 1 N–H and O–H groups in total. The Morgan fingerprint density at radius 2 is 2.19 bits per heavy atom. The third-order valence-electron chi connectivity index (χ3n) is 2.98. The van der Waals surface area contributed by atoms with E-state index in [1.807, 2.05) is 18.2 Å². The van der Waals surface area contributed by atoms with Crippen LogP contribution in [0.25, 0.3) is 6.08 Å². The predicted molar refractivity (Wildman–Crippen MR) is 67.7 cm³/mol. The van der Waals surface area contributed by atoms with Crippen molar-refractivity contribution in [1.29, 1.82) is 0 Å². The van der Waals surface area contributed by atoms with Crippen molar-refractivity contribution in [2.45, 2.75) is 26.3 Å². The van der Waals surface area contributed by atoms with Crippen molar-refractivity contribution in [2.75, 3.05) is 13.2 Å². The fourth-order valence-corrected chi connectivity index (χ4v) is 1.71. The maximum absolute atomic E-state index is 5.69. The molecule has 0 spiro atoms. The van der Waals surface area contributed by atoms with Crippen molar-refractivity contribution in [3.05, 3.63) is 35.4 Å². The molecule has 0 bridgehead atoms. The minimum atomic E-state index is 0.568. The molecule has 1 aliphatic rings. The van der Waals surface area contributed by atoms with Gasteiger partial charge in [0.1, 0.15) is 12.4 Å². The number of nitrogens with one attached hydrogen (secondary N) is 1. The summed E-state index contributed by atoms with van der Waals surface area (Å²) in [6.45, 7) is 6.03. The van der Waals surface area contributed by atoms with Crippen molar-refractivity contribution in [1.82, 2.24) is 5.32 Å². The highest BCUT2D eigenvalue weighted by Crippen LogP contribution is 2.25. The minimum Gasteiger partial charge on any atom is -0.489 e. The largest absolute Gasteiger partial charge is 0.489 e. The molecule has 0 saturated carbocycles. The summed E-state index contributed by atoms with van der Waals surface area (Å²) in [4.78, 5) is 0. The Morgan fingerprint density at radius 3 is 3.00 bits per heavy atom. The second-order valence-corrected chi connectivity index (χ2v) is 4.32. The normalized spacial score (nSPS) is 16.0. The molecule has 0 saturated heterocycles. The number of benzene rings is 1. The number of para-hydroxylation sites is 1. The molecule has 2 heteroatoms. The first-order valence-electron chi connectivity index (χ1n) is 5.94. The Hall–Kier alpha value is -1.28. The van der Waals surface area contributed by atoms with Crippen LogP contribution in [-0.4, -0.2) is 19.2 Å². The van der Waals surface area contributed by atoms with Gasteiger partial charge in [0, 0.05) is 18.2 Å². The van der Waals surface area contributed by atoms with Crippen LogP contribution in [0.2, 0.25) is 0 Å². The average molecular weight is 217 g/mol. The van der Waals surface area contributed by atoms with E-state index in [2.05, 4.69) is 31.3 Å². The summed E-state index contributed by atoms with van der Waals surface area (Å²) in [5, 5.41) is 3.48. The Balaban J connectivity index is 2.01. The highest BCUT2D eigenvalue weighted by molar-refractivity contribution is 5.62. The second kappa shape index (κ2) is 5.17. The summed E-state index contributed by atoms with van der Waals surface area (Å²) >= 11 is 0. The molecule has 0 radical (unpaired) electrons. The van der Waals surface area contributed by atoms with Gasteiger partial charge in [0.15, 0.2) is 0 Å². The van der Waals surface area contributed by atoms with Gasteiger partial charge in [-0.2, -0.15) is 0 Å². The lowest BCUT2D eigenvalue weighted by Crippen LogP contribution is -2.29. The number of rotatable bonds is 4. The highest BCUT2D eigenvalue weighted by atomic mass is 16.5. The monoisotopic (exact) mass is 217 g/mol. The van der Waals surface area contributed by atoms with Gasteiger partial charge in [-0.15, -0.1) is 0 Å². The van der Waals surface area contributed by atoms with Gasteiger partial charge in [-0.1, -0.05) is 25.1 Å². The van der Waals surface area contributed by atoms with Crippen LogP contribution < -0.4 is 10.1 Å². The van der Waals surface area contributed by atoms with Crippen LogP contribution in [0.1, 0.15) is 25.8 Å². The van der Waals surface area contributed by atoms with E-state index in [4.69, 9.17) is 4.74 Å². The molecular weight excluding hydrogens is 198 g/mol. The maximum atomic E-state index is 5.69. The van der Waals surface area contributed by atoms with E-state index in [1.165, 1.54) is 11.1 Å². The van der Waals surface area contributed by atoms with Gasteiger partial charge in [-0.05, 0) is 31.1 Å². The average Bonchev–Trinajstić information content (AvgIpc) is 2.35. The van der Waals surface area contributed by atoms with Crippen molar-refractivity contribution in [3.63, 3.8) is 0 Å². The van der Waals surface area contributed by atoms with Crippen LogP contribution in [0, 0.1) is 0 Å². The summed E-state index contributed by atoms with van der Waals surface area (Å²) in [6.07, 6.45) is 3.39. The molecule has 0 aromatic heterocycles. The van der Waals surface area contributed by atoms with Gasteiger partial charge < -0.3 is 10.1 Å². The van der Waals surface area contributed by atoms with E-state index in [-0.39, 0.29) is 0 Å². The van der Waals surface area contributed by atoms with Crippen molar-refractivity contribution in [3.8, 4) is 5.75 Å². The molecule has 2 rings (SSSR count). The lowest BCUT2D eigenvalue weighted by Gasteiger charge is -2.19. The predicted octanol–water partition coefficient (Wildman–Crippen LogP) is 2.85. The van der Waals surface area contributed by atoms with Crippen molar-refractivity contribution >= 4 is 6.08 Å². The summed E-state index contributed by atoms with van der Waals surface area (Å²) < 4.78 is 5.69. The van der Waals surface area contributed by atoms with Crippen LogP contribution in [0.15, 0.2) is 29.8 Å². The first-order chi connectivity index (χ1) is 7.79. The fourth-order valence-electron chi connectivity index (χ4n) is 1.71. The Labute approximate surface area is 97.3 Å². The molecule has 1 aliphatic heterocycles. The third kappa shape index (κ3) is 2.64. The fraction of sp³-hybridized carbons (Fsp3) is 0.429. The van der Waals surface area contributed by atoms with Gasteiger partial charge in [0.25, 0.3) is 0 Å². The Kier molecular flexibility index (Phi) is 3.62. The third-order valence-corrected chi connectivity index (χ3v) is 2.98. The van der Waals surface area contributed by atoms with E-state index in [0.717, 1.165) is 18.7 Å². The highest BCUT2D eigenvalue weighted by Gasteiger charge is 2.10. The second-order valence-electron chi connectivity index (χ2n) is 4.32. The number of fused-ring (bicyclic) bond motifs is 1. The summed E-state index contributed by atoms with van der Waals surface area (Å²) in [6, 6.07) is 8.74. The molecule has 16 heavy (non-hydrogen) atoms. The van der Waals surface area contributed by atoms with Gasteiger partial charge in [-0.25, -0.2) is 0 Å². The smallest absolute Gasteiger partial charge is 0.127 e. The molecule has 1 atom stereocenters. The van der Waals surface area contributed by atoms with E-state index in [0.29, 0.717) is 12.6 Å². The minimum absolute atomic E-state index is 0.568. The zero-order valence-corrected chi connectivity index (χ0v) is 9.99. The lowest BCUT2D eigenvalue weighted by atomic mass is 10.1.